The quantitative estimate of drug-likeness (QED) is 0.442. The number of aryl methyl sites for hydroxylation is 1. The molecule has 0 bridgehead atoms. The number of amides is 2. The first kappa shape index (κ1) is 23.0. The summed E-state index contributed by atoms with van der Waals surface area (Å²) in [6.45, 7) is 6.04. The molecule has 1 rings (SSSR count). The van der Waals surface area contributed by atoms with Gasteiger partial charge in [-0.2, -0.15) is 0 Å². The third-order valence-electron chi connectivity index (χ3n) is 3.43. The highest BCUT2D eigenvalue weighted by molar-refractivity contribution is 7.53. The Hall–Kier alpha value is -2.03. The van der Waals surface area contributed by atoms with Gasteiger partial charge in [0, 0.05) is 37.7 Å². The topological polar surface area (TPSA) is 146 Å². The summed E-state index contributed by atoms with van der Waals surface area (Å²) in [5.74, 6) is 0.258. The van der Waals surface area contributed by atoms with Gasteiger partial charge < -0.3 is 25.4 Å². The summed E-state index contributed by atoms with van der Waals surface area (Å²) in [6.07, 6.45) is 1.67. The smallest absolute Gasteiger partial charge is 0.332 e. The van der Waals surface area contributed by atoms with Gasteiger partial charge in [0.15, 0.2) is 0 Å². The Balaban J connectivity index is 2.29. The molecule has 0 aliphatic heterocycles. The van der Waals surface area contributed by atoms with E-state index in [0.717, 1.165) is 0 Å². The van der Waals surface area contributed by atoms with Crippen molar-refractivity contribution in [2.45, 2.75) is 40.2 Å². The SMILES string of the molecule is CCOP(=O)(CCNC(=O)CCC(=O)NCc1cnc(C)nc1N)OCC. The fourth-order valence-corrected chi connectivity index (χ4v) is 3.64. The second kappa shape index (κ2) is 11.6. The zero-order valence-electron chi connectivity index (χ0n) is 16.0. The van der Waals surface area contributed by atoms with Crippen molar-refractivity contribution in [2.75, 3.05) is 31.7 Å². The van der Waals surface area contributed by atoms with Gasteiger partial charge in [-0.3, -0.25) is 14.2 Å². The van der Waals surface area contributed by atoms with E-state index in [4.69, 9.17) is 14.8 Å². The zero-order chi connectivity index (χ0) is 20.3. The largest absolute Gasteiger partial charge is 0.383 e. The van der Waals surface area contributed by atoms with Crippen LogP contribution in [0.25, 0.3) is 0 Å². The molecular formula is C16H28N5O5P. The molecule has 0 aliphatic rings. The Morgan fingerprint density at radius 2 is 1.74 bits per heavy atom. The molecule has 4 N–H and O–H groups in total. The van der Waals surface area contributed by atoms with Crippen molar-refractivity contribution in [2.24, 2.45) is 0 Å². The molecular weight excluding hydrogens is 373 g/mol. The third-order valence-corrected chi connectivity index (χ3v) is 5.51. The monoisotopic (exact) mass is 401 g/mol. The van der Waals surface area contributed by atoms with Gasteiger partial charge in [-0.25, -0.2) is 9.97 Å². The first-order chi connectivity index (χ1) is 12.8. The first-order valence-electron chi connectivity index (χ1n) is 8.79. The molecule has 0 fully saturated rings. The first-order valence-corrected chi connectivity index (χ1v) is 10.5. The van der Waals surface area contributed by atoms with Gasteiger partial charge in [-0.1, -0.05) is 0 Å². The van der Waals surface area contributed by atoms with Crippen molar-refractivity contribution in [1.29, 1.82) is 0 Å². The van der Waals surface area contributed by atoms with Crippen LogP contribution in [0, 0.1) is 6.92 Å². The minimum absolute atomic E-state index is 0.0132. The lowest BCUT2D eigenvalue weighted by Crippen LogP contribution is -2.29. The van der Waals surface area contributed by atoms with Crippen LogP contribution in [0.4, 0.5) is 5.82 Å². The Morgan fingerprint density at radius 3 is 2.30 bits per heavy atom. The molecule has 11 heteroatoms. The van der Waals surface area contributed by atoms with Gasteiger partial charge in [0.1, 0.15) is 11.6 Å². The van der Waals surface area contributed by atoms with Crippen LogP contribution >= 0.6 is 7.60 Å². The minimum atomic E-state index is -3.18. The number of anilines is 1. The maximum atomic E-state index is 12.2. The molecule has 0 unspecified atom stereocenters. The number of nitrogen functional groups attached to an aromatic ring is 1. The highest BCUT2D eigenvalue weighted by atomic mass is 31.2. The molecule has 1 aromatic rings. The zero-order valence-corrected chi connectivity index (χ0v) is 16.9. The van der Waals surface area contributed by atoms with Crippen molar-refractivity contribution in [3.8, 4) is 0 Å². The maximum Gasteiger partial charge on any atom is 0.332 e. The van der Waals surface area contributed by atoms with E-state index in [1.54, 1.807) is 27.0 Å². The summed E-state index contributed by atoms with van der Waals surface area (Å²) in [5.41, 5.74) is 6.36. The molecule has 0 saturated heterocycles. The van der Waals surface area contributed by atoms with E-state index in [-0.39, 0.29) is 57.1 Å². The molecule has 0 radical (unpaired) electrons. The van der Waals surface area contributed by atoms with E-state index in [9.17, 15) is 14.2 Å². The number of nitrogens with two attached hydrogens (primary N) is 1. The standard InChI is InChI=1S/C16H28N5O5P/c1-4-25-27(24,26-5-2)9-8-18-14(22)6-7-15(23)20-11-13-10-19-12(3)21-16(13)17/h10H,4-9,11H2,1-3H3,(H,18,22)(H,20,23)(H2,17,19,21). The Morgan fingerprint density at radius 1 is 1.15 bits per heavy atom. The van der Waals surface area contributed by atoms with Crippen molar-refractivity contribution in [1.82, 2.24) is 20.6 Å². The molecule has 0 aromatic carbocycles. The molecule has 0 atom stereocenters. The minimum Gasteiger partial charge on any atom is -0.383 e. The number of carbonyl (C=O) groups excluding carboxylic acids is 2. The molecule has 0 spiro atoms. The lowest BCUT2D eigenvalue weighted by molar-refractivity contribution is -0.126. The summed E-state index contributed by atoms with van der Waals surface area (Å²) in [7, 11) is -3.18. The lowest BCUT2D eigenvalue weighted by Gasteiger charge is -2.17. The Kier molecular flexibility index (Phi) is 9.92. The normalized spacial score (nSPS) is 11.2. The summed E-state index contributed by atoms with van der Waals surface area (Å²) < 4.78 is 22.5. The van der Waals surface area contributed by atoms with Crippen LogP contribution in [0.5, 0.6) is 0 Å². The van der Waals surface area contributed by atoms with E-state index in [1.807, 2.05) is 0 Å². The lowest BCUT2D eigenvalue weighted by atomic mass is 10.2. The third kappa shape index (κ3) is 8.94. The average Bonchev–Trinajstić information content (AvgIpc) is 2.59. The van der Waals surface area contributed by atoms with Gasteiger partial charge in [0.2, 0.25) is 11.8 Å². The summed E-state index contributed by atoms with van der Waals surface area (Å²) in [4.78, 5) is 31.7. The number of nitrogens with zero attached hydrogens (tertiary/aromatic N) is 2. The van der Waals surface area contributed by atoms with E-state index < -0.39 is 7.60 Å². The fraction of sp³-hybridized carbons (Fsp3) is 0.625. The number of rotatable bonds is 12. The Bertz CT molecular complexity index is 675. The van der Waals surface area contributed by atoms with Crippen molar-refractivity contribution < 1.29 is 23.2 Å². The van der Waals surface area contributed by atoms with E-state index in [0.29, 0.717) is 17.2 Å². The van der Waals surface area contributed by atoms with Gasteiger partial charge in [-0.05, 0) is 20.8 Å². The molecule has 1 heterocycles. The van der Waals surface area contributed by atoms with Gasteiger partial charge in [-0.15, -0.1) is 0 Å². The fourth-order valence-electron chi connectivity index (χ4n) is 2.14. The van der Waals surface area contributed by atoms with Crippen LogP contribution < -0.4 is 16.4 Å². The summed E-state index contributed by atoms with van der Waals surface area (Å²) in [5, 5.41) is 5.27. The maximum absolute atomic E-state index is 12.2. The number of nitrogens with one attached hydrogen (secondary N) is 2. The Labute approximate surface area is 159 Å². The second-order valence-electron chi connectivity index (χ2n) is 5.62. The highest BCUT2D eigenvalue weighted by Gasteiger charge is 2.23. The molecule has 1 aromatic heterocycles. The molecule has 0 saturated carbocycles. The number of carbonyl (C=O) groups is 2. The van der Waals surface area contributed by atoms with Crippen LogP contribution in [0.1, 0.15) is 38.1 Å². The summed E-state index contributed by atoms with van der Waals surface area (Å²) >= 11 is 0. The second-order valence-corrected chi connectivity index (χ2v) is 7.81. The van der Waals surface area contributed by atoms with Gasteiger partial charge in [0.25, 0.3) is 0 Å². The van der Waals surface area contributed by atoms with Crippen molar-refractivity contribution >= 4 is 25.2 Å². The van der Waals surface area contributed by atoms with E-state index >= 15 is 0 Å². The predicted molar refractivity (Wildman–Crippen MR) is 101 cm³/mol. The predicted octanol–water partition coefficient (Wildman–Crippen LogP) is 1.15. The molecule has 2 amide bonds. The highest BCUT2D eigenvalue weighted by Crippen LogP contribution is 2.47. The van der Waals surface area contributed by atoms with Crippen LogP contribution in [0.3, 0.4) is 0 Å². The van der Waals surface area contributed by atoms with Crippen molar-refractivity contribution in [3.63, 3.8) is 0 Å². The van der Waals surface area contributed by atoms with Crippen LogP contribution in [0.15, 0.2) is 6.20 Å². The number of aromatic nitrogens is 2. The van der Waals surface area contributed by atoms with Crippen LogP contribution in [-0.4, -0.2) is 47.7 Å². The summed E-state index contributed by atoms with van der Waals surface area (Å²) in [6, 6.07) is 0. The average molecular weight is 401 g/mol. The van der Waals surface area contributed by atoms with E-state index in [2.05, 4.69) is 20.6 Å². The number of hydrogen-bond donors (Lipinski definition) is 3. The van der Waals surface area contributed by atoms with Crippen LogP contribution in [-0.2, 0) is 29.7 Å². The molecule has 152 valence electrons. The van der Waals surface area contributed by atoms with E-state index in [1.165, 1.54) is 0 Å². The van der Waals surface area contributed by atoms with Crippen LogP contribution in [0.2, 0.25) is 0 Å². The van der Waals surface area contributed by atoms with Crippen molar-refractivity contribution in [3.05, 3.63) is 17.6 Å². The van der Waals surface area contributed by atoms with Gasteiger partial charge in [0.05, 0.1) is 19.4 Å². The molecule has 0 aliphatic carbocycles. The molecule has 27 heavy (non-hydrogen) atoms. The molecule has 10 nitrogen and oxygen atoms in total. The number of hydrogen-bond acceptors (Lipinski definition) is 8. The van der Waals surface area contributed by atoms with Gasteiger partial charge >= 0.3 is 7.60 Å².